The van der Waals surface area contributed by atoms with Crippen LogP contribution in [0.4, 0.5) is 11.4 Å². The van der Waals surface area contributed by atoms with Gasteiger partial charge < -0.3 is 5.32 Å². The highest BCUT2D eigenvalue weighted by Crippen LogP contribution is 2.16. The Bertz CT molecular complexity index is 1100. The van der Waals surface area contributed by atoms with Gasteiger partial charge in [0, 0.05) is 11.3 Å². The molecule has 3 N–H and O–H groups in total. The number of benzene rings is 3. The van der Waals surface area contributed by atoms with E-state index in [4.69, 9.17) is 4.55 Å². The first-order valence-electron chi connectivity index (χ1n) is 8.25. The topological polar surface area (TPSA) is 108 Å². The molecule has 3 aromatic rings. The second-order valence-corrected chi connectivity index (χ2v) is 7.24. The van der Waals surface area contributed by atoms with Crippen molar-refractivity contribution >= 4 is 33.6 Å². The zero-order valence-corrected chi connectivity index (χ0v) is 15.4. The minimum atomic E-state index is -4.37. The van der Waals surface area contributed by atoms with Gasteiger partial charge in [0.05, 0.1) is 16.8 Å². The van der Waals surface area contributed by atoms with E-state index in [2.05, 4.69) is 15.8 Å². The molecule has 0 unspecified atom stereocenters. The summed E-state index contributed by atoms with van der Waals surface area (Å²) >= 11 is 0. The Morgan fingerprint density at radius 3 is 2.25 bits per heavy atom. The maximum Gasteiger partial charge on any atom is 0.294 e. The van der Waals surface area contributed by atoms with Gasteiger partial charge in [-0.3, -0.25) is 14.8 Å². The Labute approximate surface area is 162 Å². The van der Waals surface area contributed by atoms with Gasteiger partial charge in [0.15, 0.2) is 0 Å². The van der Waals surface area contributed by atoms with Gasteiger partial charge in [0.25, 0.3) is 16.0 Å². The van der Waals surface area contributed by atoms with Crippen LogP contribution < -0.4 is 10.7 Å². The Kier molecular flexibility index (Phi) is 5.83. The highest BCUT2D eigenvalue weighted by Gasteiger charge is 2.13. The second-order valence-electron chi connectivity index (χ2n) is 5.82. The summed E-state index contributed by atoms with van der Waals surface area (Å²) in [6.07, 6.45) is 1.69. The van der Waals surface area contributed by atoms with Gasteiger partial charge in [-0.15, -0.1) is 0 Å². The van der Waals surface area contributed by atoms with Gasteiger partial charge in [-0.1, -0.05) is 36.4 Å². The molecule has 0 radical (unpaired) electrons. The van der Waals surface area contributed by atoms with E-state index in [-0.39, 0.29) is 10.5 Å². The van der Waals surface area contributed by atoms with Crippen LogP contribution in [0.2, 0.25) is 0 Å². The molecule has 0 atom stereocenters. The number of carbonyl (C=O) groups excluding carboxylic acids is 1. The third kappa shape index (κ3) is 5.26. The first-order chi connectivity index (χ1) is 13.4. The molecule has 0 bridgehead atoms. The van der Waals surface area contributed by atoms with Crippen LogP contribution in [0, 0.1) is 0 Å². The number of hydrogen-bond acceptors (Lipinski definition) is 5. The Morgan fingerprint density at radius 1 is 0.893 bits per heavy atom. The molecular formula is C20H17N3O4S. The Hall–Kier alpha value is -3.49. The molecule has 8 heteroatoms. The van der Waals surface area contributed by atoms with Crippen LogP contribution in [-0.2, 0) is 10.1 Å². The average Bonchev–Trinajstić information content (AvgIpc) is 2.69. The summed E-state index contributed by atoms with van der Waals surface area (Å²) in [6, 6.07) is 21.7. The fraction of sp³-hybridized carbons (Fsp3) is 0. The highest BCUT2D eigenvalue weighted by molar-refractivity contribution is 7.85. The van der Waals surface area contributed by atoms with E-state index in [0.29, 0.717) is 5.69 Å². The van der Waals surface area contributed by atoms with Crippen molar-refractivity contribution in [2.45, 2.75) is 4.90 Å². The number of carbonyl (C=O) groups is 1. The van der Waals surface area contributed by atoms with E-state index in [1.807, 2.05) is 30.3 Å². The van der Waals surface area contributed by atoms with Crippen LogP contribution in [0.25, 0.3) is 0 Å². The number of hydrazone groups is 1. The molecule has 0 spiro atoms. The molecule has 7 nitrogen and oxygen atoms in total. The number of nitrogens with zero attached hydrogens (tertiary/aromatic N) is 1. The van der Waals surface area contributed by atoms with Gasteiger partial charge in [0.2, 0.25) is 0 Å². The number of anilines is 2. The molecule has 0 aliphatic carbocycles. The highest BCUT2D eigenvalue weighted by atomic mass is 32.2. The van der Waals surface area contributed by atoms with E-state index >= 15 is 0 Å². The summed E-state index contributed by atoms with van der Waals surface area (Å²) < 4.78 is 31.5. The number of amides is 1. The van der Waals surface area contributed by atoms with Crippen molar-refractivity contribution in [3.63, 3.8) is 0 Å². The summed E-state index contributed by atoms with van der Waals surface area (Å²) in [5, 5.41) is 6.80. The molecular weight excluding hydrogens is 378 g/mol. The first kappa shape index (κ1) is 19.3. The molecule has 3 aromatic carbocycles. The van der Waals surface area contributed by atoms with E-state index < -0.39 is 16.0 Å². The number of hydrogen-bond donors (Lipinski definition) is 3. The van der Waals surface area contributed by atoms with Gasteiger partial charge in [0.1, 0.15) is 0 Å². The van der Waals surface area contributed by atoms with Crippen molar-refractivity contribution in [1.29, 1.82) is 0 Å². The third-order valence-electron chi connectivity index (χ3n) is 3.74. The lowest BCUT2D eigenvalue weighted by Crippen LogP contribution is -2.12. The zero-order valence-electron chi connectivity index (χ0n) is 14.6. The smallest absolute Gasteiger partial charge is 0.294 e. The summed E-state index contributed by atoms with van der Waals surface area (Å²) in [5.41, 5.74) is 5.23. The molecule has 0 saturated carbocycles. The minimum Gasteiger partial charge on any atom is -0.322 e. The molecule has 0 fully saturated rings. The third-order valence-corrected chi connectivity index (χ3v) is 4.59. The largest absolute Gasteiger partial charge is 0.322 e. The lowest BCUT2D eigenvalue weighted by Gasteiger charge is -2.07. The Balaban J connectivity index is 1.62. The number of rotatable bonds is 6. The molecule has 0 aliphatic heterocycles. The van der Waals surface area contributed by atoms with Crippen LogP contribution in [0.5, 0.6) is 0 Å². The van der Waals surface area contributed by atoms with Crippen LogP contribution in [0.3, 0.4) is 0 Å². The molecule has 0 aliphatic rings. The minimum absolute atomic E-state index is 0.116. The molecule has 1 amide bonds. The van der Waals surface area contributed by atoms with Gasteiger partial charge in [-0.2, -0.15) is 13.5 Å². The second kappa shape index (κ2) is 8.47. The zero-order chi connectivity index (χ0) is 20.0. The predicted octanol–water partition coefficient (Wildman–Crippen LogP) is 3.63. The quantitative estimate of drug-likeness (QED) is 0.336. The van der Waals surface area contributed by atoms with Crippen molar-refractivity contribution < 1.29 is 17.8 Å². The van der Waals surface area contributed by atoms with Crippen molar-refractivity contribution in [1.82, 2.24) is 0 Å². The van der Waals surface area contributed by atoms with E-state index in [9.17, 15) is 13.2 Å². The molecule has 3 rings (SSSR count). The van der Waals surface area contributed by atoms with Gasteiger partial charge in [-0.05, 0) is 48.0 Å². The number of nitrogens with one attached hydrogen (secondary N) is 2. The lowest BCUT2D eigenvalue weighted by atomic mass is 10.2. The van der Waals surface area contributed by atoms with E-state index in [1.54, 1.807) is 30.5 Å². The van der Waals surface area contributed by atoms with E-state index in [1.165, 1.54) is 18.2 Å². The fourth-order valence-corrected chi connectivity index (χ4v) is 2.88. The van der Waals surface area contributed by atoms with Crippen LogP contribution in [0.15, 0.2) is 88.9 Å². The summed E-state index contributed by atoms with van der Waals surface area (Å²) in [4.78, 5) is 11.9. The van der Waals surface area contributed by atoms with Crippen LogP contribution >= 0.6 is 0 Å². The van der Waals surface area contributed by atoms with Gasteiger partial charge in [-0.25, -0.2) is 0 Å². The van der Waals surface area contributed by atoms with Crippen molar-refractivity contribution in [2.75, 3.05) is 10.7 Å². The van der Waals surface area contributed by atoms with E-state index in [0.717, 1.165) is 17.3 Å². The molecule has 28 heavy (non-hydrogen) atoms. The molecule has 0 aromatic heterocycles. The average molecular weight is 395 g/mol. The van der Waals surface area contributed by atoms with Gasteiger partial charge >= 0.3 is 0 Å². The van der Waals surface area contributed by atoms with Crippen LogP contribution in [-0.4, -0.2) is 25.1 Å². The van der Waals surface area contributed by atoms with Crippen LogP contribution in [0.1, 0.15) is 15.9 Å². The monoisotopic (exact) mass is 395 g/mol. The fourth-order valence-electron chi connectivity index (χ4n) is 2.35. The normalized spacial score (nSPS) is 11.3. The summed E-state index contributed by atoms with van der Waals surface area (Å²) in [7, 11) is -4.37. The molecule has 0 heterocycles. The predicted molar refractivity (Wildman–Crippen MR) is 108 cm³/mol. The molecule has 0 saturated heterocycles. The summed E-state index contributed by atoms with van der Waals surface area (Å²) in [6.45, 7) is 0. The summed E-state index contributed by atoms with van der Waals surface area (Å²) in [5.74, 6) is -0.492. The van der Waals surface area contributed by atoms with Crippen molar-refractivity contribution in [3.8, 4) is 0 Å². The standard InChI is InChI=1S/C20H17N3O4S/c24-20(16-7-4-8-19(13-16)28(25,26)27)22-17-9-11-18(12-10-17)23-21-14-15-5-2-1-3-6-15/h1-14,23H,(H,22,24)(H,25,26,27)/b21-14+. The van der Waals surface area contributed by atoms with Crippen molar-refractivity contribution in [3.05, 3.63) is 90.0 Å². The SMILES string of the molecule is O=C(Nc1ccc(N/N=C/c2ccccc2)cc1)c1cccc(S(=O)(=O)O)c1. The maximum absolute atomic E-state index is 12.3. The Morgan fingerprint density at radius 2 is 1.57 bits per heavy atom. The first-order valence-corrected chi connectivity index (χ1v) is 9.69. The molecule has 142 valence electrons. The van der Waals surface area contributed by atoms with Crippen molar-refractivity contribution in [2.24, 2.45) is 5.10 Å². The maximum atomic E-state index is 12.3. The lowest BCUT2D eigenvalue weighted by molar-refractivity contribution is 0.102.